The van der Waals surface area contributed by atoms with Crippen LogP contribution in [0.25, 0.3) is 65.4 Å². The van der Waals surface area contributed by atoms with Gasteiger partial charge in [-0.3, -0.25) is 0 Å². The Morgan fingerprint density at radius 2 is 0.679 bits per heavy atom. The molecular weight excluding hydrogens is 699 g/mol. The van der Waals surface area contributed by atoms with Gasteiger partial charge in [0.05, 0.1) is 11.4 Å². The largest absolute Gasteiger partial charge is 0.456 e. The zero-order valence-electron chi connectivity index (χ0n) is 29.8. The standard InChI is InChI=1S/C50H30F2N2O2/c51-43-15-7-9-17-45(43)53(35-11-3-1-4-12-35)37-21-19-31-25-39-41-29-50-42(30-49(41)55-47(39)27-33(31)23-37)40-26-32-20-22-38(24-34(32)28-48(40)56-50)54(36-13-5-2-6-14-36)46-18-10-8-16-44(46)52/h1-30H. The lowest BCUT2D eigenvalue weighted by atomic mass is 10.0. The van der Waals surface area contributed by atoms with E-state index >= 15 is 8.78 Å². The summed E-state index contributed by atoms with van der Waals surface area (Å²) in [7, 11) is 0. The van der Waals surface area contributed by atoms with E-state index in [2.05, 4.69) is 60.7 Å². The van der Waals surface area contributed by atoms with Crippen LogP contribution in [0.1, 0.15) is 0 Å². The fourth-order valence-electron chi connectivity index (χ4n) is 8.06. The number of hydrogen-bond donors (Lipinski definition) is 0. The predicted molar refractivity (Wildman–Crippen MR) is 225 cm³/mol. The van der Waals surface area contributed by atoms with Crippen LogP contribution >= 0.6 is 0 Å². The second kappa shape index (κ2) is 12.6. The molecule has 11 rings (SSSR count). The molecule has 0 saturated carbocycles. The van der Waals surface area contributed by atoms with Gasteiger partial charge in [0.2, 0.25) is 0 Å². The number of halogens is 2. The zero-order chi connectivity index (χ0) is 37.3. The van der Waals surface area contributed by atoms with Gasteiger partial charge in [0.25, 0.3) is 0 Å². The summed E-state index contributed by atoms with van der Waals surface area (Å²) >= 11 is 0. The van der Waals surface area contributed by atoms with Gasteiger partial charge in [0.1, 0.15) is 34.0 Å². The van der Waals surface area contributed by atoms with Gasteiger partial charge in [-0.1, -0.05) is 72.8 Å². The molecule has 0 radical (unpaired) electrons. The van der Waals surface area contributed by atoms with Crippen molar-refractivity contribution < 1.29 is 17.6 Å². The van der Waals surface area contributed by atoms with Gasteiger partial charge in [0, 0.05) is 44.3 Å². The lowest BCUT2D eigenvalue weighted by Crippen LogP contribution is -2.11. The zero-order valence-corrected chi connectivity index (χ0v) is 29.8. The summed E-state index contributed by atoms with van der Waals surface area (Å²) in [6, 6.07) is 58.2. The van der Waals surface area contributed by atoms with Gasteiger partial charge in [-0.05, 0) is 131 Å². The van der Waals surface area contributed by atoms with Crippen LogP contribution in [-0.4, -0.2) is 0 Å². The highest BCUT2D eigenvalue weighted by atomic mass is 19.1. The van der Waals surface area contributed by atoms with Gasteiger partial charge in [0.15, 0.2) is 0 Å². The fraction of sp³-hybridized carbons (Fsp3) is 0. The first-order valence-corrected chi connectivity index (χ1v) is 18.5. The number of rotatable bonds is 6. The van der Waals surface area contributed by atoms with Gasteiger partial charge in [-0.15, -0.1) is 0 Å². The highest BCUT2D eigenvalue weighted by Crippen LogP contribution is 2.43. The highest BCUT2D eigenvalue weighted by molar-refractivity contribution is 6.18. The summed E-state index contributed by atoms with van der Waals surface area (Å²) < 4.78 is 43.5. The summed E-state index contributed by atoms with van der Waals surface area (Å²) in [4.78, 5) is 3.87. The lowest BCUT2D eigenvalue weighted by molar-refractivity contribution is 0.628. The minimum atomic E-state index is -0.298. The molecule has 0 aliphatic rings. The molecule has 0 bridgehead atoms. The molecule has 2 heterocycles. The first kappa shape index (κ1) is 32.0. The Hall–Kier alpha value is -7.44. The minimum absolute atomic E-state index is 0.298. The summed E-state index contributed by atoms with van der Waals surface area (Å²) in [6.45, 7) is 0. The van der Waals surface area contributed by atoms with Gasteiger partial charge < -0.3 is 18.6 Å². The molecule has 0 fully saturated rings. The van der Waals surface area contributed by atoms with Crippen LogP contribution in [0.2, 0.25) is 0 Å². The molecule has 266 valence electrons. The Bertz CT molecular complexity index is 3080. The molecule has 0 unspecified atom stereocenters. The second-order valence-corrected chi connectivity index (χ2v) is 14.1. The molecule has 0 saturated heterocycles. The lowest BCUT2D eigenvalue weighted by Gasteiger charge is -2.26. The third kappa shape index (κ3) is 5.18. The van der Waals surface area contributed by atoms with E-state index in [1.807, 2.05) is 94.7 Å². The van der Waals surface area contributed by atoms with Crippen molar-refractivity contribution in [3.05, 3.63) is 194 Å². The number of para-hydroxylation sites is 4. The SMILES string of the molecule is Fc1ccccc1N(c1ccccc1)c1ccc2cc3c(cc2c1)oc1cc2c(cc13)oc1cc3cc(N(c4ccccc4)c4ccccc4F)ccc3cc12. The van der Waals surface area contributed by atoms with E-state index in [0.717, 1.165) is 88.2 Å². The first-order chi connectivity index (χ1) is 27.6. The first-order valence-electron chi connectivity index (χ1n) is 18.5. The quantitative estimate of drug-likeness (QED) is 0.171. The summed E-state index contributed by atoms with van der Waals surface area (Å²) in [5.41, 5.74) is 7.40. The smallest absolute Gasteiger partial charge is 0.147 e. The van der Waals surface area contributed by atoms with E-state index in [0.29, 0.717) is 11.4 Å². The molecule has 56 heavy (non-hydrogen) atoms. The number of hydrogen-bond acceptors (Lipinski definition) is 4. The van der Waals surface area contributed by atoms with Crippen LogP contribution in [0.4, 0.5) is 42.9 Å². The van der Waals surface area contributed by atoms with E-state index in [1.165, 1.54) is 12.1 Å². The van der Waals surface area contributed by atoms with Crippen LogP contribution in [0, 0.1) is 11.6 Å². The third-order valence-corrected chi connectivity index (χ3v) is 10.7. The van der Waals surface area contributed by atoms with E-state index in [-0.39, 0.29) is 11.6 Å². The number of benzene rings is 9. The molecule has 2 aromatic heterocycles. The van der Waals surface area contributed by atoms with E-state index in [4.69, 9.17) is 8.83 Å². The molecular formula is C50H30F2N2O2. The molecule has 0 spiro atoms. The second-order valence-electron chi connectivity index (χ2n) is 14.1. The van der Waals surface area contributed by atoms with Crippen LogP contribution in [-0.2, 0) is 0 Å². The molecule has 0 aliphatic heterocycles. The van der Waals surface area contributed by atoms with Gasteiger partial charge in [-0.2, -0.15) is 0 Å². The molecule has 0 aliphatic carbocycles. The van der Waals surface area contributed by atoms with Crippen LogP contribution in [0.5, 0.6) is 0 Å². The maximum absolute atomic E-state index is 15.2. The van der Waals surface area contributed by atoms with Gasteiger partial charge in [-0.25, -0.2) is 8.78 Å². The molecule has 6 heteroatoms. The Labute approximate surface area is 319 Å². The van der Waals surface area contributed by atoms with Crippen molar-refractivity contribution in [1.82, 2.24) is 0 Å². The summed E-state index contributed by atoms with van der Waals surface area (Å²) in [6.07, 6.45) is 0. The highest BCUT2D eigenvalue weighted by Gasteiger charge is 2.20. The maximum Gasteiger partial charge on any atom is 0.147 e. The summed E-state index contributed by atoms with van der Waals surface area (Å²) in [5, 5.41) is 7.94. The molecule has 0 amide bonds. The van der Waals surface area contributed by atoms with Crippen molar-refractivity contribution in [1.29, 1.82) is 0 Å². The van der Waals surface area contributed by atoms with Crippen molar-refractivity contribution in [3.63, 3.8) is 0 Å². The van der Waals surface area contributed by atoms with Crippen molar-refractivity contribution in [2.75, 3.05) is 9.80 Å². The average molecular weight is 729 g/mol. The molecule has 9 aromatic carbocycles. The Morgan fingerprint density at radius 3 is 1.11 bits per heavy atom. The number of furan rings is 2. The van der Waals surface area contributed by atoms with Crippen molar-refractivity contribution in [3.8, 4) is 0 Å². The molecule has 0 atom stereocenters. The van der Waals surface area contributed by atoms with Crippen molar-refractivity contribution in [2.45, 2.75) is 0 Å². The maximum atomic E-state index is 15.2. The normalized spacial score (nSPS) is 11.8. The minimum Gasteiger partial charge on any atom is -0.456 e. The Morgan fingerprint density at radius 1 is 0.304 bits per heavy atom. The molecule has 4 nitrogen and oxygen atoms in total. The van der Waals surface area contributed by atoms with E-state index in [9.17, 15) is 0 Å². The van der Waals surface area contributed by atoms with Crippen molar-refractivity contribution >= 4 is 99.5 Å². The van der Waals surface area contributed by atoms with E-state index in [1.54, 1.807) is 24.3 Å². The van der Waals surface area contributed by atoms with E-state index < -0.39 is 0 Å². The van der Waals surface area contributed by atoms with Gasteiger partial charge >= 0.3 is 0 Å². The average Bonchev–Trinajstić information content (AvgIpc) is 3.76. The predicted octanol–water partition coefficient (Wildman–Crippen LogP) is 15.0. The number of fused-ring (bicyclic) bond motifs is 8. The topological polar surface area (TPSA) is 32.8 Å². The number of nitrogens with zero attached hydrogens (tertiary/aromatic N) is 2. The molecule has 11 aromatic rings. The Kier molecular flexibility index (Phi) is 7.19. The summed E-state index contributed by atoms with van der Waals surface area (Å²) in [5.74, 6) is -0.596. The third-order valence-electron chi connectivity index (χ3n) is 10.7. The monoisotopic (exact) mass is 728 g/mol. The van der Waals surface area contributed by atoms with Crippen molar-refractivity contribution in [2.24, 2.45) is 0 Å². The van der Waals surface area contributed by atoms with Crippen LogP contribution in [0.15, 0.2) is 191 Å². The Balaban J connectivity index is 1.01. The fourth-order valence-corrected chi connectivity index (χ4v) is 8.06. The van der Waals surface area contributed by atoms with Crippen LogP contribution in [0.3, 0.4) is 0 Å². The number of anilines is 6. The van der Waals surface area contributed by atoms with Crippen LogP contribution < -0.4 is 9.80 Å². The molecule has 0 N–H and O–H groups in total.